The van der Waals surface area contributed by atoms with Crippen LogP contribution in [0.15, 0.2) is 21.1 Å². The summed E-state index contributed by atoms with van der Waals surface area (Å²) in [6.07, 6.45) is 0.507. The molecule has 0 aromatic heterocycles. The van der Waals surface area contributed by atoms with Gasteiger partial charge in [-0.3, -0.25) is 0 Å². The van der Waals surface area contributed by atoms with Crippen LogP contribution in [0.5, 0.6) is 0 Å². The molecule has 3 nitrogen and oxygen atoms in total. The number of aliphatic hydroxyl groups excluding tert-OH is 1. The molecule has 0 aliphatic rings. The second-order valence-corrected chi connectivity index (χ2v) is 4.78. The molecule has 1 rings (SSSR count). The molecule has 0 spiro atoms. The van der Waals surface area contributed by atoms with E-state index in [-0.39, 0.29) is 25.1 Å². The molecule has 0 aliphatic heterocycles. The summed E-state index contributed by atoms with van der Waals surface area (Å²) in [4.78, 5) is 0. The molecule has 5 N–H and O–H groups in total. The fourth-order valence-corrected chi connectivity index (χ4v) is 2.46. The highest BCUT2D eigenvalue weighted by molar-refractivity contribution is 9.11. The van der Waals surface area contributed by atoms with Crippen LogP contribution >= 0.6 is 44.3 Å². The van der Waals surface area contributed by atoms with Crippen molar-refractivity contribution in [3.05, 3.63) is 26.6 Å². The summed E-state index contributed by atoms with van der Waals surface area (Å²) in [5.74, 6) is 0. The van der Waals surface area contributed by atoms with E-state index in [1.165, 1.54) is 0 Å². The van der Waals surface area contributed by atoms with E-state index in [2.05, 4.69) is 31.9 Å². The maximum Gasteiger partial charge on any atom is 0.0507 e. The van der Waals surface area contributed by atoms with E-state index in [0.29, 0.717) is 12.1 Å². The van der Waals surface area contributed by atoms with Crippen molar-refractivity contribution in [2.75, 3.05) is 12.3 Å². The Bertz CT molecular complexity index is 336. The van der Waals surface area contributed by atoms with Gasteiger partial charge in [-0.1, -0.05) is 15.9 Å². The van der Waals surface area contributed by atoms with Crippen molar-refractivity contribution in [2.24, 2.45) is 5.73 Å². The number of halogens is 3. The highest BCUT2D eigenvalue weighted by Crippen LogP contribution is 2.32. The van der Waals surface area contributed by atoms with Crippen molar-refractivity contribution in [1.82, 2.24) is 0 Å². The topological polar surface area (TPSA) is 72.3 Å². The van der Waals surface area contributed by atoms with Gasteiger partial charge in [0.1, 0.15) is 0 Å². The second-order valence-electron chi connectivity index (χ2n) is 3.01. The van der Waals surface area contributed by atoms with Gasteiger partial charge in [0.25, 0.3) is 0 Å². The smallest absolute Gasteiger partial charge is 0.0507 e. The third kappa shape index (κ3) is 3.92. The van der Waals surface area contributed by atoms with Crippen molar-refractivity contribution < 1.29 is 5.11 Å². The van der Waals surface area contributed by atoms with Crippen molar-refractivity contribution in [3.63, 3.8) is 0 Å². The molecule has 0 aliphatic carbocycles. The Morgan fingerprint density at radius 3 is 2.47 bits per heavy atom. The van der Waals surface area contributed by atoms with Crippen LogP contribution in [0.25, 0.3) is 0 Å². The first-order chi connectivity index (χ1) is 6.56. The van der Waals surface area contributed by atoms with Crippen molar-refractivity contribution in [1.29, 1.82) is 0 Å². The molecule has 0 amide bonds. The average molecular weight is 360 g/mol. The van der Waals surface area contributed by atoms with Crippen molar-refractivity contribution >= 4 is 50.0 Å². The predicted molar refractivity (Wildman–Crippen MR) is 72.1 cm³/mol. The zero-order valence-corrected chi connectivity index (χ0v) is 11.9. The lowest BCUT2D eigenvalue weighted by Gasteiger charge is -2.14. The lowest BCUT2D eigenvalue weighted by atomic mass is 10.0. The number of anilines is 1. The van der Waals surface area contributed by atoms with Gasteiger partial charge >= 0.3 is 0 Å². The van der Waals surface area contributed by atoms with E-state index >= 15 is 0 Å². The molecule has 0 heterocycles. The Morgan fingerprint density at radius 2 is 1.93 bits per heavy atom. The van der Waals surface area contributed by atoms with Crippen LogP contribution < -0.4 is 11.5 Å². The third-order valence-corrected chi connectivity index (χ3v) is 3.08. The first-order valence-electron chi connectivity index (χ1n) is 4.17. The molecule has 86 valence electrons. The zero-order valence-electron chi connectivity index (χ0n) is 7.91. The van der Waals surface area contributed by atoms with E-state index in [0.717, 1.165) is 14.5 Å². The van der Waals surface area contributed by atoms with Gasteiger partial charge in [0.15, 0.2) is 0 Å². The van der Waals surface area contributed by atoms with Crippen LogP contribution in [-0.2, 0) is 0 Å². The Balaban J connectivity index is 0.00000196. The van der Waals surface area contributed by atoms with Gasteiger partial charge in [-0.25, -0.2) is 0 Å². The number of rotatable bonds is 3. The molecule has 15 heavy (non-hydrogen) atoms. The molecular weight excluding hydrogens is 347 g/mol. The number of hydrogen-bond acceptors (Lipinski definition) is 3. The van der Waals surface area contributed by atoms with E-state index < -0.39 is 0 Å². The quantitative estimate of drug-likeness (QED) is 0.726. The molecule has 0 bridgehead atoms. The number of nitrogen functional groups attached to an aromatic ring is 1. The maximum atomic E-state index is 8.78. The minimum absolute atomic E-state index is 0. The van der Waals surface area contributed by atoms with Gasteiger partial charge < -0.3 is 16.6 Å². The fourth-order valence-electron chi connectivity index (χ4n) is 1.21. The summed E-state index contributed by atoms with van der Waals surface area (Å²) < 4.78 is 1.73. The SMILES string of the molecule is Cl.Nc1c(Br)cc(Br)cc1[C@H](N)CCO. The van der Waals surface area contributed by atoms with Crippen LogP contribution in [0.2, 0.25) is 0 Å². The molecule has 0 unspecified atom stereocenters. The van der Waals surface area contributed by atoms with Crippen LogP contribution in [0.1, 0.15) is 18.0 Å². The van der Waals surface area contributed by atoms with Gasteiger partial charge in [-0.2, -0.15) is 0 Å². The summed E-state index contributed by atoms with van der Waals surface area (Å²) in [6, 6.07) is 3.51. The van der Waals surface area contributed by atoms with Gasteiger partial charge in [-0.15, -0.1) is 12.4 Å². The molecule has 0 radical (unpaired) electrons. The average Bonchev–Trinajstić information content (AvgIpc) is 2.11. The molecule has 0 fully saturated rings. The van der Waals surface area contributed by atoms with Gasteiger partial charge in [-0.05, 0) is 40.0 Å². The summed E-state index contributed by atoms with van der Waals surface area (Å²) in [6.45, 7) is 0.0603. The normalized spacial score (nSPS) is 12.0. The Labute approximate surface area is 112 Å². The molecule has 0 saturated heterocycles. The van der Waals surface area contributed by atoms with Gasteiger partial charge in [0.05, 0.1) is 5.69 Å². The van der Waals surface area contributed by atoms with Crippen LogP contribution in [-0.4, -0.2) is 11.7 Å². The molecule has 1 aromatic rings. The van der Waals surface area contributed by atoms with E-state index in [4.69, 9.17) is 16.6 Å². The lowest BCUT2D eigenvalue weighted by molar-refractivity contribution is 0.276. The number of hydrogen-bond donors (Lipinski definition) is 3. The summed E-state index contributed by atoms with van der Waals surface area (Å²) in [5.41, 5.74) is 13.2. The second kappa shape index (κ2) is 6.70. The molecule has 0 saturated carbocycles. The van der Waals surface area contributed by atoms with Crippen LogP contribution in [0.3, 0.4) is 0 Å². The molecule has 6 heteroatoms. The standard InChI is InChI=1S/C9H12Br2N2O.ClH/c10-5-3-6(8(12)1-2-14)9(13)7(11)4-5;/h3-4,8,14H,1-2,12-13H2;1H/t8-;/m1./s1. The Hall–Kier alpha value is 0.190. The van der Waals surface area contributed by atoms with E-state index in [1.54, 1.807) is 0 Å². The minimum Gasteiger partial charge on any atom is -0.398 e. The van der Waals surface area contributed by atoms with Gasteiger partial charge in [0.2, 0.25) is 0 Å². The highest BCUT2D eigenvalue weighted by atomic mass is 79.9. The first kappa shape index (κ1) is 15.2. The molecule has 1 aromatic carbocycles. The fraction of sp³-hybridized carbons (Fsp3) is 0.333. The third-order valence-electron chi connectivity index (χ3n) is 1.97. The van der Waals surface area contributed by atoms with E-state index in [1.807, 2.05) is 12.1 Å². The molecular formula is C9H13Br2ClN2O. The minimum atomic E-state index is -0.228. The van der Waals surface area contributed by atoms with Gasteiger partial charge in [0, 0.05) is 21.6 Å². The van der Waals surface area contributed by atoms with Crippen LogP contribution in [0.4, 0.5) is 5.69 Å². The zero-order chi connectivity index (χ0) is 10.7. The number of aliphatic hydroxyl groups is 1. The summed E-state index contributed by atoms with van der Waals surface area (Å²) in [7, 11) is 0. The number of nitrogens with two attached hydrogens (primary N) is 2. The summed E-state index contributed by atoms with van der Waals surface area (Å²) in [5, 5.41) is 8.78. The van der Waals surface area contributed by atoms with Crippen molar-refractivity contribution in [2.45, 2.75) is 12.5 Å². The summed E-state index contributed by atoms with van der Waals surface area (Å²) >= 11 is 6.71. The van der Waals surface area contributed by atoms with Crippen molar-refractivity contribution in [3.8, 4) is 0 Å². The van der Waals surface area contributed by atoms with E-state index in [9.17, 15) is 0 Å². The molecule has 1 atom stereocenters. The predicted octanol–water partition coefficient (Wildman–Crippen LogP) is 2.60. The monoisotopic (exact) mass is 358 g/mol. The Kier molecular flexibility index (Phi) is 6.79. The lowest BCUT2D eigenvalue weighted by Crippen LogP contribution is -2.14. The highest BCUT2D eigenvalue weighted by Gasteiger charge is 2.12. The number of benzene rings is 1. The van der Waals surface area contributed by atoms with Crippen LogP contribution in [0, 0.1) is 0 Å². The maximum absolute atomic E-state index is 8.78. The largest absolute Gasteiger partial charge is 0.398 e. The first-order valence-corrected chi connectivity index (χ1v) is 5.75. The Morgan fingerprint density at radius 1 is 1.33 bits per heavy atom.